The zero-order valence-electron chi connectivity index (χ0n) is 14.2. The van der Waals surface area contributed by atoms with Crippen molar-refractivity contribution in [2.45, 2.75) is 19.4 Å². The second-order valence-corrected chi connectivity index (χ2v) is 5.34. The maximum Gasteiger partial charge on any atom is 0.287 e. The highest BCUT2D eigenvalue weighted by Crippen LogP contribution is 2.06. The molecule has 0 aliphatic carbocycles. The molecule has 1 aromatic heterocycles. The molecule has 0 radical (unpaired) electrons. The van der Waals surface area contributed by atoms with Crippen molar-refractivity contribution in [3.63, 3.8) is 0 Å². The average molecular weight is 366 g/mol. The summed E-state index contributed by atoms with van der Waals surface area (Å²) in [7, 11) is 0. The fourth-order valence-corrected chi connectivity index (χ4v) is 2.27. The molecule has 6 nitrogen and oxygen atoms in total. The smallest absolute Gasteiger partial charge is 0.287 e. The molecule has 2 rings (SSSR count). The van der Waals surface area contributed by atoms with Gasteiger partial charge in [-0.1, -0.05) is 37.3 Å². The van der Waals surface area contributed by atoms with Crippen molar-refractivity contribution in [1.29, 1.82) is 0 Å². The van der Waals surface area contributed by atoms with Crippen LogP contribution < -0.4 is 16.0 Å². The van der Waals surface area contributed by atoms with E-state index in [0.29, 0.717) is 19.5 Å². The third-order valence-corrected chi connectivity index (χ3v) is 3.50. The van der Waals surface area contributed by atoms with E-state index in [9.17, 15) is 9.59 Å². The lowest BCUT2D eigenvalue weighted by atomic mass is 10.1. The summed E-state index contributed by atoms with van der Waals surface area (Å²) >= 11 is 0. The van der Waals surface area contributed by atoms with Crippen LogP contribution in [-0.4, -0.2) is 37.5 Å². The zero-order chi connectivity index (χ0) is 17.2. The van der Waals surface area contributed by atoms with Crippen molar-refractivity contribution in [3.8, 4) is 0 Å². The molecular weight excluding hydrogens is 342 g/mol. The summed E-state index contributed by atoms with van der Waals surface area (Å²) in [6.45, 7) is 4.04. The van der Waals surface area contributed by atoms with E-state index < -0.39 is 11.9 Å². The first-order valence-corrected chi connectivity index (χ1v) is 8.07. The Balaban J connectivity index is 0.00000312. The van der Waals surface area contributed by atoms with E-state index in [4.69, 9.17) is 4.42 Å². The third-order valence-electron chi connectivity index (χ3n) is 3.50. The molecule has 1 aromatic carbocycles. The number of nitrogens with one attached hydrogen (secondary N) is 3. The van der Waals surface area contributed by atoms with Gasteiger partial charge in [0.25, 0.3) is 5.91 Å². The Morgan fingerprint density at radius 2 is 1.84 bits per heavy atom. The minimum absolute atomic E-state index is 0. The summed E-state index contributed by atoms with van der Waals surface area (Å²) in [5.41, 5.74) is 0.976. The molecule has 0 aliphatic heterocycles. The summed E-state index contributed by atoms with van der Waals surface area (Å²) in [6, 6.07) is 12.1. The van der Waals surface area contributed by atoms with Crippen LogP contribution in [-0.2, 0) is 11.2 Å². The monoisotopic (exact) mass is 365 g/mol. The van der Waals surface area contributed by atoms with Gasteiger partial charge in [-0.2, -0.15) is 0 Å². The van der Waals surface area contributed by atoms with Gasteiger partial charge in [-0.05, 0) is 24.2 Å². The molecule has 0 saturated carbocycles. The van der Waals surface area contributed by atoms with Crippen LogP contribution in [0.15, 0.2) is 53.1 Å². The normalized spacial score (nSPS) is 11.2. The molecule has 2 aromatic rings. The largest absolute Gasteiger partial charge is 0.459 e. The van der Waals surface area contributed by atoms with E-state index >= 15 is 0 Å². The number of rotatable bonds is 9. The van der Waals surface area contributed by atoms with Crippen LogP contribution in [0.3, 0.4) is 0 Å². The standard InChI is InChI=1S/C18H23N3O3.ClH/c1-2-19-10-11-20-17(22)15(13-14-7-4-3-5-8-14)21-18(23)16-9-6-12-24-16;/h3-9,12,15,19H,2,10-11,13H2,1H3,(H,20,22)(H,21,23);1H. The molecule has 0 aliphatic rings. The SMILES string of the molecule is CCNCCNC(=O)C(Cc1ccccc1)NC(=O)c1ccco1.Cl. The highest BCUT2D eigenvalue weighted by Gasteiger charge is 2.22. The first kappa shape index (κ1) is 20.7. The Morgan fingerprint density at radius 1 is 1.08 bits per heavy atom. The number of amides is 2. The van der Waals surface area contributed by atoms with Crippen LogP contribution in [0.5, 0.6) is 0 Å². The summed E-state index contributed by atoms with van der Waals surface area (Å²) < 4.78 is 5.09. The molecule has 0 fully saturated rings. The maximum absolute atomic E-state index is 12.4. The number of furan rings is 1. The van der Waals surface area contributed by atoms with E-state index in [1.54, 1.807) is 12.1 Å². The van der Waals surface area contributed by atoms with E-state index in [1.165, 1.54) is 6.26 Å². The van der Waals surface area contributed by atoms with Gasteiger partial charge in [-0.25, -0.2) is 0 Å². The lowest BCUT2D eigenvalue weighted by Crippen LogP contribution is -2.49. The Kier molecular flexibility index (Phi) is 9.36. The Bertz CT molecular complexity index is 632. The fraction of sp³-hybridized carbons (Fsp3) is 0.333. The Morgan fingerprint density at radius 3 is 2.48 bits per heavy atom. The van der Waals surface area contributed by atoms with E-state index in [2.05, 4.69) is 16.0 Å². The Labute approximate surface area is 153 Å². The van der Waals surface area contributed by atoms with Crippen molar-refractivity contribution in [3.05, 3.63) is 60.1 Å². The molecule has 7 heteroatoms. The number of carbonyl (C=O) groups excluding carboxylic acids is 2. The molecule has 1 atom stereocenters. The summed E-state index contributed by atoms with van der Waals surface area (Å²) in [5.74, 6) is -0.423. The molecule has 0 bridgehead atoms. The fourth-order valence-electron chi connectivity index (χ4n) is 2.27. The maximum atomic E-state index is 12.4. The number of hydrogen-bond donors (Lipinski definition) is 3. The lowest BCUT2D eigenvalue weighted by Gasteiger charge is -2.18. The lowest BCUT2D eigenvalue weighted by molar-refractivity contribution is -0.122. The van der Waals surface area contributed by atoms with Gasteiger partial charge in [-0.15, -0.1) is 12.4 Å². The summed E-state index contributed by atoms with van der Waals surface area (Å²) in [4.78, 5) is 24.6. The molecule has 3 N–H and O–H groups in total. The first-order valence-electron chi connectivity index (χ1n) is 8.07. The molecule has 136 valence electrons. The van der Waals surface area contributed by atoms with Crippen LogP contribution in [0, 0.1) is 0 Å². The van der Waals surface area contributed by atoms with Crippen LogP contribution in [0.4, 0.5) is 0 Å². The molecule has 0 spiro atoms. The summed E-state index contributed by atoms with van der Waals surface area (Å²) in [5, 5.41) is 8.72. The predicted octanol–water partition coefficient (Wildman–Crippen LogP) is 1.77. The van der Waals surface area contributed by atoms with Crippen LogP contribution in [0.2, 0.25) is 0 Å². The number of hydrogen-bond acceptors (Lipinski definition) is 4. The van der Waals surface area contributed by atoms with E-state index in [-0.39, 0.29) is 24.1 Å². The van der Waals surface area contributed by atoms with Gasteiger partial charge in [0.15, 0.2) is 5.76 Å². The minimum atomic E-state index is -0.661. The van der Waals surface area contributed by atoms with Crippen LogP contribution in [0.1, 0.15) is 23.0 Å². The van der Waals surface area contributed by atoms with E-state index in [0.717, 1.165) is 12.1 Å². The molecule has 25 heavy (non-hydrogen) atoms. The topological polar surface area (TPSA) is 83.4 Å². The van der Waals surface area contributed by atoms with Gasteiger partial charge in [0, 0.05) is 19.5 Å². The van der Waals surface area contributed by atoms with Crippen LogP contribution >= 0.6 is 12.4 Å². The first-order chi connectivity index (χ1) is 11.7. The van der Waals surface area contributed by atoms with Crippen molar-refractivity contribution >= 4 is 24.2 Å². The molecule has 0 saturated heterocycles. The molecule has 1 unspecified atom stereocenters. The van der Waals surface area contributed by atoms with Gasteiger partial charge in [-0.3, -0.25) is 9.59 Å². The van der Waals surface area contributed by atoms with Crippen LogP contribution in [0.25, 0.3) is 0 Å². The van der Waals surface area contributed by atoms with Gasteiger partial charge in [0.2, 0.25) is 5.91 Å². The second kappa shape index (κ2) is 11.3. The highest BCUT2D eigenvalue weighted by molar-refractivity contribution is 5.95. The minimum Gasteiger partial charge on any atom is -0.459 e. The van der Waals surface area contributed by atoms with Gasteiger partial charge in [0.1, 0.15) is 6.04 Å². The highest BCUT2D eigenvalue weighted by atomic mass is 35.5. The number of benzene rings is 1. The summed E-state index contributed by atoms with van der Waals surface area (Å²) in [6.07, 6.45) is 1.85. The number of carbonyl (C=O) groups is 2. The molecule has 2 amide bonds. The zero-order valence-corrected chi connectivity index (χ0v) is 15.0. The van der Waals surface area contributed by atoms with Crippen molar-refractivity contribution < 1.29 is 14.0 Å². The molecular formula is C18H24ClN3O3. The number of halogens is 1. The molecule has 1 heterocycles. The quantitative estimate of drug-likeness (QED) is 0.591. The second-order valence-electron chi connectivity index (χ2n) is 5.34. The van der Waals surface area contributed by atoms with E-state index in [1.807, 2.05) is 37.3 Å². The van der Waals surface area contributed by atoms with Crippen molar-refractivity contribution in [2.24, 2.45) is 0 Å². The third kappa shape index (κ3) is 6.99. The average Bonchev–Trinajstić information content (AvgIpc) is 3.13. The predicted molar refractivity (Wildman–Crippen MR) is 98.9 cm³/mol. The van der Waals surface area contributed by atoms with Gasteiger partial charge >= 0.3 is 0 Å². The van der Waals surface area contributed by atoms with Gasteiger partial charge < -0.3 is 20.4 Å². The van der Waals surface area contributed by atoms with Gasteiger partial charge in [0.05, 0.1) is 6.26 Å². The van der Waals surface area contributed by atoms with Crippen molar-refractivity contribution in [1.82, 2.24) is 16.0 Å². The Hall–Kier alpha value is -2.31. The number of likely N-dealkylation sites (N-methyl/N-ethyl adjacent to an activating group) is 1. The van der Waals surface area contributed by atoms with Crippen molar-refractivity contribution in [2.75, 3.05) is 19.6 Å².